The van der Waals surface area contributed by atoms with E-state index in [1.54, 1.807) is 48.5 Å². The number of rotatable bonds is 9. The number of hydrogen-bond acceptors (Lipinski definition) is 8. The summed E-state index contributed by atoms with van der Waals surface area (Å²) in [5.41, 5.74) is -0.416. The maximum Gasteiger partial charge on any atom is 0.355 e. The molecule has 4 aromatic rings. The van der Waals surface area contributed by atoms with Gasteiger partial charge in [-0.3, -0.25) is 4.57 Å². The molecule has 10 nitrogen and oxygen atoms in total. The number of pyridine rings is 1. The van der Waals surface area contributed by atoms with E-state index >= 15 is 0 Å². The largest absolute Gasteiger partial charge is 0.439 e. The fraction of sp³-hybridized carbons (Fsp3) is 0.167. The van der Waals surface area contributed by atoms with Crippen LogP contribution >= 0.6 is 11.6 Å². The Labute approximate surface area is 208 Å². The summed E-state index contributed by atoms with van der Waals surface area (Å²) < 4.78 is 20.8. The summed E-state index contributed by atoms with van der Waals surface area (Å²) in [6.45, 7) is -0.988. The van der Waals surface area contributed by atoms with Crippen molar-refractivity contribution in [3.8, 4) is 11.6 Å². The molecule has 0 aliphatic heterocycles. The number of halogens is 2. The molecular formula is C24H21ClFN5O5. The third-order valence-corrected chi connectivity index (χ3v) is 5.28. The molecule has 3 N–H and O–H groups in total. The van der Waals surface area contributed by atoms with Crippen molar-refractivity contribution in [1.82, 2.24) is 19.1 Å². The molecule has 2 heterocycles. The van der Waals surface area contributed by atoms with E-state index in [-0.39, 0.29) is 18.4 Å². The van der Waals surface area contributed by atoms with Gasteiger partial charge in [0.2, 0.25) is 17.8 Å². The van der Waals surface area contributed by atoms with Crippen LogP contribution in [0.5, 0.6) is 11.6 Å². The number of benzene rings is 2. The van der Waals surface area contributed by atoms with Gasteiger partial charge in [-0.2, -0.15) is 14.4 Å². The number of aromatic nitrogens is 4. The second-order valence-corrected chi connectivity index (χ2v) is 8.15. The van der Waals surface area contributed by atoms with Gasteiger partial charge >= 0.3 is 11.4 Å². The van der Waals surface area contributed by atoms with Crippen LogP contribution < -0.4 is 21.4 Å². The predicted molar refractivity (Wildman–Crippen MR) is 130 cm³/mol. The van der Waals surface area contributed by atoms with Crippen LogP contribution in [0.1, 0.15) is 5.56 Å². The molecule has 0 aliphatic carbocycles. The lowest BCUT2D eigenvalue weighted by Crippen LogP contribution is -2.45. The Hall–Kier alpha value is -4.06. The van der Waals surface area contributed by atoms with Crippen molar-refractivity contribution < 1.29 is 19.3 Å². The highest BCUT2D eigenvalue weighted by atomic mass is 35.5. The van der Waals surface area contributed by atoms with Gasteiger partial charge < -0.3 is 20.3 Å². The molecule has 0 spiro atoms. The van der Waals surface area contributed by atoms with Crippen molar-refractivity contribution in [3.05, 3.63) is 104 Å². The summed E-state index contributed by atoms with van der Waals surface area (Å²) in [4.78, 5) is 33.4. The first kappa shape index (κ1) is 25.0. The normalized spacial score (nSPS) is 11.8. The standard InChI is InChI=1S/C24H21ClFN5O5/c25-16-6-4-15(5-7-16)12-30-22(29-23(34)31(24(30)35)13-18(33)14-32)27-17-8-10-19(11-9-17)36-21-3-1-2-20(26)28-21/h1-11,18,32-33H,12-14H2,(H,27,29,34)/t18-/m0/s1. The number of nitrogens with zero attached hydrogens (tertiary/aromatic N) is 4. The highest BCUT2D eigenvalue weighted by Crippen LogP contribution is 2.23. The topological polar surface area (TPSA) is 132 Å². The molecule has 0 bridgehead atoms. The first-order valence-corrected chi connectivity index (χ1v) is 11.1. The molecule has 0 aliphatic rings. The molecule has 186 valence electrons. The Kier molecular flexibility index (Phi) is 7.74. The number of hydrogen-bond donors (Lipinski definition) is 3. The zero-order valence-electron chi connectivity index (χ0n) is 18.7. The van der Waals surface area contributed by atoms with Crippen molar-refractivity contribution in [2.75, 3.05) is 11.9 Å². The monoisotopic (exact) mass is 513 g/mol. The van der Waals surface area contributed by atoms with Gasteiger partial charge in [-0.15, -0.1) is 0 Å². The SMILES string of the molecule is O=c1nc(Nc2ccc(Oc3cccc(F)n3)cc2)n(Cc2ccc(Cl)cc2)c(=O)n1C[C@H](O)CO. The van der Waals surface area contributed by atoms with E-state index in [1.807, 2.05) is 0 Å². The fourth-order valence-corrected chi connectivity index (χ4v) is 3.39. The van der Waals surface area contributed by atoms with E-state index in [9.17, 15) is 19.1 Å². The molecule has 36 heavy (non-hydrogen) atoms. The molecule has 4 rings (SSSR count). The summed E-state index contributed by atoms with van der Waals surface area (Å²) >= 11 is 5.95. The predicted octanol–water partition coefficient (Wildman–Crippen LogP) is 2.53. The van der Waals surface area contributed by atoms with Crippen molar-refractivity contribution in [2.45, 2.75) is 19.2 Å². The van der Waals surface area contributed by atoms with Crippen LogP contribution in [0.3, 0.4) is 0 Å². The van der Waals surface area contributed by atoms with Crippen LogP contribution in [-0.2, 0) is 13.1 Å². The van der Waals surface area contributed by atoms with E-state index in [0.717, 1.165) is 4.57 Å². The Morgan fingerprint density at radius 1 is 1.00 bits per heavy atom. The summed E-state index contributed by atoms with van der Waals surface area (Å²) in [6, 6.07) is 17.4. The smallest absolute Gasteiger partial charge is 0.355 e. The minimum absolute atomic E-state index is 0.0323. The molecule has 2 aromatic carbocycles. The first-order valence-electron chi connectivity index (χ1n) is 10.7. The lowest BCUT2D eigenvalue weighted by molar-refractivity contribution is 0.0785. The van der Waals surface area contributed by atoms with Gasteiger partial charge in [-0.25, -0.2) is 14.2 Å². The molecule has 0 saturated heterocycles. The van der Waals surface area contributed by atoms with Gasteiger partial charge in [0, 0.05) is 16.8 Å². The van der Waals surface area contributed by atoms with E-state index in [0.29, 0.717) is 22.0 Å². The van der Waals surface area contributed by atoms with E-state index < -0.39 is 36.6 Å². The van der Waals surface area contributed by atoms with E-state index in [2.05, 4.69) is 15.3 Å². The maximum absolute atomic E-state index is 13.3. The third kappa shape index (κ3) is 6.13. The molecule has 0 fully saturated rings. The van der Waals surface area contributed by atoms with Crippen molar-refractivity contribution in [3.63, 3.8) is 0 Å². The Bertz CT molecular complexity index is 1460. The molecule has 2 aromatic heterocycles. The van der Waals surface area contributed by atoms with E-state index in [1.165, 1.54) is 22.8 Å². The van der Waals surface area contributed by atoms with Gasteiger partial charge in [0.15, 0.2) is 0 Å². The zero-order valence-corrected chi connectivity index (χ0v) is 19.5. The average molecular weight is 514 g/mol. The number of aliphatic hydroxyl groups excluding tert-OH is 2. The van der Waals surface area contributed by atoms with Crippen LogP contribution in [0.2, 0.25) is 5.02 Å². The molecule has 0 amide bonds. The fourth-order valence-electron chi connectivity index (χ4n) is 3.27. The van der Waals surface area contributed by atoms with Gasteiger partial charge in [0.1, 0.15) is 5.75 Å². The second kappa shape index (κ2) is 11.1. The molecule has 1 atom stereocenters. The van der Waals surface area contributed by atoms with Gasteiger partial charge in [-0.1, -0.05) is 29.8 Å². The number of ether oxygens (including phenoxy) is 1. The lowest BCUT2D eigenvalue weighted by Gasteiger charge is -2.17. The number of aliphatic hydroxyl groups is 2. The first-order chi connectivity index (χ1) is 17.3. The molecule has 0 unspecified atom stereocenters. The zero-order chi connectivity index (χ0) is 25.7. The van der Waals surface area contributed by atoms with Crippen LogP contribution in [0.15, 0.2) is 76.3 Å². The Morgan fingerprint density at radius 2 is 1.72 bits per heavy atom. The van der Waals surface area contributed by atoms with Crippen LogP contribution in [0.4, 0.5) is 16.0 Å². The molecule has 0 saturated carbocycles. The summed E-state index contributed by atoms with van der Waals surface area (Å²) in [5, 5.41) is 22.4. The Balaban J connectivity index is 1.64. The van der Waals surface area contributed by atoms with Gasteiger partial charge in [0.25, 0.3) is 0 Å². The minimum Gasteiger partial charge on any atom is -0.439 e. The Morgan fingerprint density at radius 3 is 2.39 bits per heavy atom. The maximum atomic E-state index is 13.3. The third-order valence-electron chi connectivity index (χ3n) is 5.03. The summed E-state index contributed by atoms with van der Waals surface area (Å²) in [6.07, 6.45) is -1.31. The summed E-state index contributed by atoms with van der Waals surface area (Å²) in [5.74, 6) is -0.228. The number of anilines is 2. The average Bonchev–Trinajstić information content (AvgIpc) is 2.86. The molecular weight excluding hydrogens is 493 g/mol. The van der Waals surface area contributed by atoms with Crippen LogP contribution in [0, 0.1) is 5.95 Å². The minimum atomic E-state index is -1.31. The highest BCUT2D eigenvalue weighted by Gasteiger charge is 2.16. The van der Waals surface area contributed by atoms with Crippen molar-refractivity contribution in [1.29, 1.82) is 0 Å². The highest BCUT2D eigenvalue weighted by molar-refractivity contribution is 6.30. The second-order valence-electron chi connectivity index (χ2n) is 7.71. The summed E-state index contributed by atoms with van der Waals surface area (Å²) in [7, 11) is 0. The van der Waals surface area contributed by atoms with E-state index in [4.69, 9.17) is 21.4 Å². The quantitative estimate of drug-likeness (QED) is 0.291. The van der Waals surface area contributed by atoms with Crippen LogP contribution in [-0.4, -0.2) is 42.0 Å². The number of nitrogens with one attached hydrogen (secondary N) is 1. The van der Waals surface area contributed by atoms with Crippen molar-refractivity contribution in [2.24, 2.45) is 0 Å². The van der Waals surface area contributed by atoms with Gasteiger partial charge in [0.05, 0.1) is 25.8 Å². The molecule has 0 radical (unpaired) electrons. The lowest BCUT2D eigenvalue weighted by atomic mass is 10.2. The van der Waals surface area contributed by atoms with Gasteiger partial charge in [-0.05, 0) is 48.0 Å². The van der Waals surface area contributed by atoms with Crippen LogP contribution in [0.25, 0.3) is 0 Å². The van der Waals surface area contributed by atoms with Crippen molar-refractivity contribution >= 4 is 23.2 Å². The molecule has 12 heteroatoms.